The van der Waals surface area contributed by atoms with E-state index in [1.165, 1.54) is 19.3 Å². The standard InChI is InChI=1S/C27H38O5/c1-3-4-5-6-13-18-23-24(28)25(30-19-21-14-9-7-10-15-21)26(27(29-2)32-23)31-20-22-16-11-8-12-17-22/h7-12,14-17,23-28H,3-6,13,18-20H2,1-2H3/t23-,24-,25+,26-,27+/m1/s1. The third-order valence-corrected chi connectivity index (χ3v) is 6.01. The van der Waals surface area contributed by atoms with E-state index in [-0.39, 0.29) is 6.10 Å². The van der Waals surface area contributed by atoms with Gasteiger partial charge in [0.05, 0.1) is 19.3 Å². The van der Waals surface area contributed by atoms with Gasteiger partial charge in [-0.3, -0.25) is 0 Å². The van der Waals surface area contributed by atoms with E-state index in [1.54, 1.807) is 7.11 Å². The molecule has 1 N–H and O–H groups in total. The highest BCUT2D eigenvalue weighted by molar-refractivity contribution is 5.14. The summed E-state index contributed by atoms with van der Waals surface area (Å²) >= 11 is 0. The quantitative estimate of drug-likeness (QED) is 0.430. The summed E-state index contributed by atoms with van der Waals surface area (Å²) in [6.07, 6.45) is 3.82. The van der Waals surface area contributed by atoms with Gasteiger partial charge in [0.2, 0.25) is 0 Å². The van der Waals surface area contributed by atoms with Crippen LogP contribution in [0.1, 0.15) is 56.6 Å². The fraction of sp³-hybridized carbons (Fsp3) is 0.556. The normalized spacial score (nSPS) is 25.7. The Hall–Kier alpha value is -1.76. The number of rotatable bonds is 13. The summed E-state index contributed by atoms with van der Waals surface area (Å²) in [5.41, 5.74) is 2.11. The second kappa shape index (κ2) is 13.7. The minimum atomic E-state index is -0.780. The van der Waals surface area contributed by atoms with E-state index in [1.807, 2.05) is 60.7 Å². The molecule has 32 heavy (non-hydrogen) atoms. The smallest absolute Gasteiger partial charge is 0.186 e. The zero-order valence-electron chi connectivity index (χ0n) is 19.4. The fourth-order valence-corrected chi connectivity index (χ4v) is 4.17. The van der Waals surface area contributed by atoms with Gasteiger partial charge in [-0.1, -0.05) is 99.7 Å². The van der Waals surface area contributed by atoms with E-state index in [4.69, 9.17) is 18.9 Å². The van der Waals surface area contributed by atoms with E-state index in [2.05, 4.69) is 6.92 Å². The van der Waals surface area contributed by atoms with Gasteiger partial charge in [0, 0.05) is 7.11 Å². The number of aliphatic hydroxyl groups is 1. The molecule has 2 aromatic rings. The van der Waals surface area contributed by atoms with Crippen LogP contribution < -0.4 is 0 Å². The Labute approximate surface area is 192 Å². The lowest BCUT2D eigenvalue weighted by Crippen LogP contribution is -2.59. The van der Waals surface area contributed by atoms with E-state index in [0.29, 0.717) is 13.2 Å². The van der Waals surface area contributed by atoms with Gasteiger partial charge >= 0.3 is 0 Å². The molecule has 5 heteroatoms. The van der Waals surface area contributed by atoms with Crippen LogP contribution >= 0.6 is 0 Å². The fourth-order valence-electron chi connectivity index (χ4n) is 4.17. The molecule has 1 heterocycles. The molecule has 0 unspecified atom stereocenters. The maximum absolute atomic E-state index is 11.2. The lowest BCUT2D eigenvalue weighted by molar-refractivity contribution is -0.311. The maximum Gasteiger partial charge on any atom is 0.186 e. The van der Waals surface area contributed by atoms with Gasteiger partial charge < -0.3 is 24.1 Å². The molecule has 1 aliphatic rings. The van der Waals surface area contributed by atoms with Gasteiger partial charge in [0.15, 0.2) is 6.29 Å². The Morgan fingerprint density at radius 3 is 1.91 bits per heavy atom. The summed E-state index contributed by atoms with van der Waals surface area (Å²) in [6, 6.07) is 20.0. The van der Waals surface area contributed by atoms with Gasteiger partial charge in [-0.15, -0.1) is 0 Å². The predicted octanol–water partition coefficient (Wildman–Crippen LogP) is 5.25. The first-order valence-electron chi connectivity index (χ1n) is 11.9. The van der Waals surface area contributed by atoms with Crippen LogP contribution in [0, 0.1) is 0 Å². The SMILES string of the molecule is CCCCCCC[C@H]1O[C@H](OC)[C@H](OCc2ccccc2)[C@@H](OCc2ccccc2)[C@@H]1O. The van der Waals surface area contributed by atoms with Gasteiger partial charge in [0.25, 0.3) is 0 Å². The maximum atomic E-state index is 11.2. The molecule has 0 radical (unpaired) electrons. The number of hydrogen-bond donors (Lipinski definition) is 1. The van der Waals surface area contributed by atoms with Crippen molar-refractivity contribution in [3.63, 3.8) is 0 Å². The molecule has 0 spiro atoms. The summed E-state index contributed by atoms with van der Waals surface area (Å²) < 4.78 is 24.3. The minimum absolute atomic E-state index is 0.334. The lowest BCUT2D eigenvalue weighted by atomic mass is 9.94. The molecule has 0 amide bonds. The molecule has 2 aromatic carbocycles. The lowest BCUT2D eigenvalue weighted by Gasteiger charge is -2.44. The summed E-state index contributed by atoms with van der Waals surface area (Å²) in [5, 5.41) is 11.2. The molecule has 1 aliphatic heterocycles. The number of ether oxygens (including phenoxy) is 4. The first-order chi connectivity index (χ1) is 15.7. The van der Waals surface area contributed by atoms with Gasteiger partial charge in [-0.2, -0.15) is 0 Å². The molecule has 3 rings (SSSR count). The van der Waals surface area contributed by atoms with E-state index >= 15 is 0 Å². The Balaban J connectivity index is 1.68. The van der Waals surface area contributed by atoms with Crippen molar-refractivity contribution in [3.05, 3.63) is 71.8 Å². The molecule has 176 valence electrons. The minimum Gasteiger partial charge on any atom is -0.388 e. The number of methoxy groups -OCH3 is 1. The highest BCUT2D eigenvalue weighted by Crippen LogP contribution is 2.30. The molecular formula is C27H38O5. The summed E-state index contributed by atoms with van der Waals surface area (Å²) in [5.74, 6) is 0. The van der Waals surface area contributed by atoms with Crippen LogP contribution in [-0.4, -0.2) is 42.9 Å². The van der Waals surface area contributed by atoms with Crippen LogP contribution in [0.5, 0.6) is 0 Å². The van der Waals surface area contributed by atoms with Crippen LogP contribution in [0.15, 0.2) is 60.7 Å². The Morgan fingerprint density at radius 1 is 0.781 bits per heavy atom. The Kier molecular flexibility index (Phi) is 10.7. The number of benzene rings is 2. The van der Waals surface area contributed by atoms with Crippen LogP contribution in [0.3, 0.4) is 0 Å². The second-order valence-electron chi connectivity index (χ2n) is 8.49. The third kappa shape index (κ3) is 7.39. The molecule has 1 fully saturated rings. The molecule has 0 aliphatic carbocycles. The van der Waals surface area contributed by atoms with Crippen molar-refractivity contribution in [3.8, 4) is 0 Å². The average molecular weight is 443 g/mol. The molecule has 5 nitrogen and oxygen atoms in total. The van der Waals surface area contributed by atoms with Crippen LogP contribution in [0.25, 0.3) is 0 Å². The van der Waals surface area contributed by atoms with Crippen molar-refractivity contribution >= 4 is 0 Å². The summed E-state index contributed by atoms with van der Waals surface area (Å²) in [7, 11) is 1.62. The first kappa shape index (κ1) is 24.9. The predicted molar refractivity (Wildman–Crippen MR) is 125 cm³/mol. The third-order valence-electron chi connectivity index (χ3n) is 6.01. The van der Waals surface area contributed by atoms with Crippen molar-refractivity contribution in [1.29, 1.82) is 0 Å². The molecule has 0 aromatic heterocycles. The molecular weight excluding hydrogens is 404 g/mol. The zero-order valence-corrected chi connectivity index (χ0v) is 19.4. The Morgan fingerprint density at radius 2 is 1.34 bits per heavy atom. The number of hydrogen-bond acceptors (Lipinski definition) is 5. The van der Waals surface area contributed by atoms with Gasteiger partial charge in [-0.25, -0.2) is 0 Å². The monoisotopic (exact) mass is 442 g/mol. The zero-order chi connectivity index (χ0) is 22.6. The second-order valence-corrected chi connectivity index (χ2v) is 8.49. The Bertz CT molecular complexity index is 738. The first-order valence-corrected chi connectivity index (χ1v) is 11.9. The van der Waals surface area contributed by atoms with Crippen molar-refractivity contribution in [2.45, 2.75) is 89.4 Å². The highest BCUT2D eigenvalue weighted by atomic mass is 16.7. The van der Waals surface area contributed by atoms with Crippen LogP contribution in [-0.2, 0) is 32.2 Å². The van der Waals surface area contributed by atoms with E-state index < -0.39 is 24.6 Å². The van der Waals surface area contributed by atoms with Crippen LogP contribution in [0.2, 0.25) is 0 Å². The number of aliphatic hydroxyl groups excluding tert-OH is 1. The molecule has 5 atom stereocenters. The van der Waals surface area contributed by atoms with Crippen molar-refractivity contribution < 1.29 is 24.1 Å². The summed E-state index contributed by atoms with van der Waals surface area (Å²) in [4.78, 5) is 0. The van der Waals surface area contributed by atoms with Crippen molar-refractivity contribution in [2.75, 3.05) is 7.11 Å². The highest BCUT2D eigenvalue weighted by Gasteiger charge is 2.46. The summed E-state index contributed by atoms with van der Waals surface area (Å²) in [6.45, 7) is 3.00. The topological polar surface area (TPSA) is 57.2 Å². The van der Waals surface area contributed by atoms with Gasteiger partial charge in [0.1, 0.15) is 18.3 Å². The van der Waals surface area contributed by atoms with E-state index in [9.17, 15) is 5.11 Å². The molecule has 0 saturated carbocycles. The van der Waals surface area contributed by atoms with Crippen molar-refractivity contribution in [1.82, 2.24) is 0 Å². The van der Waals surface area contributed by atoms with E-state index in [0.717, 1.165) is 30.4 Å². The van der Waals surface area contributed by atoms with Gasteiger partial charge in [-0.05, 0) is 17.5 Å². The average Bonchev–Trinajstić information content (AvgIpc) is 2.84. The van der Waals surface area contributed by atoms with Crippen LogP contribution in [0.4, 0.5) is 0 Å². The molecule has 0 bridgehead atoms. The molecule has 1 saturated heterocycles. The largest absolute Gasteiger partial charge is 0.388 e. The number of unbranched alkanes of at least 4 members (excludes halogenated alkanes) is 4. The van der Waals surface area contributed by atoms with Crippen molar-refractivity contribution in [2.24, 2.45) is 0 Å².